The van der Waals surface area contributed by atoms with E-state index in [1.165, 1.54) is 30.5 Å². The molecule has 106 valence electrons. The summed E-state index contributed by atoms with van der Waals surface area (Å²) in [4.78, 5) is 2.40. The van der Waals surface area contributed by atoms with Crippen LogP contribution in [0.5, 0.6) is 0 Å². The van der Waals surface area contributed by atoms with Gasteiger partial charge >= 0.3 is 0 Å². The second kappa shape index (κ2) is 7.13. The predicted molar refractivity (Wildman–Crippen MR) is 81.1 cm³/mol. The molecule has 1 N–H and O–H groups in total. The van der Waals surface area contributed by atoms with Crippen molar-refractivity contribution in [3.63, 3.8) is 0 Å². The molecule has 1 aromatic rings. The molecule has 0 atom stereocenters. The highest BCUT2D eigenvalue weighted by molar-refractivity contribution is 6.30. The summed E-state index contributed by atoms with van der Waals surface area (Å²) in [5.74, 6) is 0. The van der Waals surface area contributed by atoms with Crippen LogP contribution in [0, 0.1) is 0 Å². The molecule has 1 fully saturated rings. The van der Waals surface area contributed by atoms with E-state index < -0.39 is 0 Å². The minimum atomic E-state index is 0.693. The van der Waals surface area contributed by atoms with Crippen molar-refractivity contribution in [1.82, 2.24) is 5.32 Å². The quantitative estimate of drug-likeness (QED) is 0.778. The zero-order valence-electron chi connectivity index (χ0n) is 11.8. The second-order valence-corrected chi connectivity index (χ2v) is 5.57. The van der Waals surface area contributed by atoms with E-state index >= 15 is 0 Å². The first-order chi connectivity index (χ1) is 9.22. The van der Waals surface area contributed by atoms with Gasteiger partial charge in [-0.2, -0.15) is 0 Å². The van der Waals surface area contributed by atoms with Gasteiger partial charge in [-0.15, -0.1) is 0 Å². The summed E-state index contributed by atoms with van der Waals surface area (Å²) in [7, 11) is 3.91. The first-order valence-electron chi connectivity index (χ1n) is 6.93. The Balaban J connectivity index is 2.03. The van der Waals surface area contributed by atoms with Gasteiger partial charge in [0.25, 0.3) is 0 Å². The Morgan fingerprint density at radius 2 is 2.21 bits per heavy atom. The highest BCUT2D eigenvalue weighted by atomic mass is 35.5. The molecule has 0 saturated heterocycles. The molecule has 0 heterocycles. The summed E-state index contributed by atoms with van der Waals surface area (Å²) in [5, 5.41) is 4.19. The van der Waals surface area contributed by atoms with Crippen molar-refractivity contribution in [3.05, 3.63) is 28.8 Å². The van der Waals surface area contributed by atoms with Crippen molar-refractivity contribution in [2.45, 2.75) is 31.8 Å². The van der Waals surface area contributed by atoms with Gasteiger partial charge in [-0.25, -0.2) is 0 Å². The lowest BCUT2D eigenvalue weighted by molar-refractivity contribution is 0.199. The van der Waals surface area contributed by atoms with Crippen LogP contribution in [-0.4, -0.2) is 33.4 Å². The lowest BCUT2D eigenvalue weighted by Gasteiger charge is -2.37. The fourth-order valence-electron chi connectivity index (χ4n) is 2.41. The molecule has 1 saturated carbocycles. The Morgan fingerprint density at radius 3 is 2.84 bits per heavy atom. The van der Waals surface area contributed by atoms with Gasteiger partial charge in [0, 0.05) is 44.0 Å². The molecule has 0 spiro atoms. The van der Waals surface area contributed by atoms with Crippen molar-refractivity contribution < 1.29 is 4.74 Å². The summed E-state index contributed by atoms with van der Waals surface area (Å²) in [6, 6.07) is 6.86. The van der Waals surface area contributed by atoms with E-state index in [4.69, 9.17) is 16.3 Å². The fraction of sp³-hybridized carbons (Fsp3) is 0.600. The van der Waals surface area contributed by atoms with Crippen LogP contribution in [0.1, 0.15) is 24.8 Å². The first kappa shape index (κ1) is 14.6. The Labute approximate surface area is 120 Å². The van der Waals surface area contributed by atoms with E-state index in [-0.39, 0.29) is 0 Å². The Hall–Kier alpha value is -0.770. The van der Waals surface area contributed by atoms with Crippen molar-refractivity contribution in [1.29, 1.82) is 0 Å². The number of nitrogens with one attached hydrogen (secondary N) is 1. The normalized spacial score (nSPS) is 15.3. The Bertz CT molecular complexity index is 407. The van der Waals surface area contributed by atoms with Gasteiger partial charge in [0.1, 0.15) is 0 Å². The number of anilines is 1. The molecule has 1 aliphatic rings. The van der Waals surface area contributed by atoms with E-state index in [1.807, 2.05) is 6.07 Å². The Kier molecular flexibility index (Phi) is 5.49. The van der Waals surface area contributed by atoms with E-state index in [1.54, 1.807) is 7.11 Å². The molecular formula is C15H23ClN2O. The zero-order chi connectivity index (χ0) is 13.7. The van der Waals surface area contributed by atoms with Crippen molar-refractivity contribution in [2.24, 2.45) is 0 Å². The first-order valence-corrected chi connectivity index (χ1v) is 7.31. The molecule has 0 unspecified atom stereocenters. The fourth-order valence-corrected chi connectivity index (χ4v) is 2.60. The lowest BCUT2D eigenvalue weighted by Crippen LogP contribution is -2.38. The van der Waals surface area contributed by atoms with E-state index in [0.29, 0.717) is 6.04 Å². The molecular weight excluding hydrogens is 260 g/mol. The number of hydrogen-bond acceptors (Lipinski definition) is 3. The summed E-state index contributed by atoms with van der Waals surface area (Å²) in [6.45, 7) is 2.42. The van der Waals surface area contributed by atoms with Crippen molar-refractivity contribution in [3.8, 4) is 0 Å². The summed E-state index contributed by atoms with van der Waals surface area (Å²) < 4.78 is 5.05. The zero-order valence-corrected chi connectivity index (χ0v) is 12.5. The van der Waals surface area contributed by atoms with Gasteiger partial charge in [-0.3, -0.25) is 0 Å². The van der Waals surface area contributed by atoms with Gasteiger partial charge < -0.3 is 15.0 Å². The number of rotatable bonds is 7. The van der Waals surface area contributed by atoms with Gasteiger partial charge in [0.05, 0.1) is 6.61 Å². The van der Waals surface area contributed by atoms with E-state index in [9.17, 15) is 0 Å². The average molecular weight is 283 g/mol. The molecule has 1 aromatic carbocycles. The number of hydrogen-bond donors (Lipinski definition) is 1. The molecule has 2 rings (SSSR count). The number of benzene rings is 1. The van der Waals surface area contributed by atoms with Crippen LogP contribution in [0.4, 0.5) is 5.69 Å². The second-order valence-electron chi connectivity index (χ2n) is 5.14. The van der Waals surface area contributed by atoms with Crippen LogP contribution in [0.2, 0.25) is 5.02 Å². The molecule has 3 nitrogen and oxygen atoms in total. The maximum atomic E-state index is 6.12. The number of methoxy groups -OCH3 is 1. The van der Waals surface area contributed by atoms with Gasteiger partial charge in [-0.05, 0) is 43.0 Å². The lowest BCUT2D eigenvalue weighted by atomic mass is 9.91. The molecule has 1 aliphatic carbocycles. The third kappa shape index (κ3) is 3.85. The standard InChI is InChI=1S/C15H23ClN2O/c1-18(14-4-3-5-14)15-7-6-13(16)10-12(15)11-17-8-9-19-2/h6-7,10,14,17H,3-5,8-9,11H2,1-2H3. The minimum Gasteiger partial charge on any atom is -0.383 e. The smallest absolute Gasteiger partial charge is 0.0587 e. The van der Waals surface area contributed by atoms with Crippen molar-refractivity contribution in [2.75, 3.05) is 32.2 Å². The van der Waals surface area contributed by atoms with E-state index in [0.717, 1.165) is 24.7 Å². The van der Waals surface area contributed by atoms with Crippen molar-refractivity contribution >= 4 is 17.3 Å². The molecule has 0 aliphatic heterocycles. The molecule has 19 heavy (non-hydrogen) atoms. The molecule has 4 heteroatoms. The largest absolute Gasteiger partial charge is 0.383 e. The summed E-state index contributed by atoms with van der Waals surface area (Å²) in [6.07, 6.45) is 3.95. The predicted octanol–water partition coefficient (Wildman–Crippen LogP) is 3.06. The number of ether oxygens (including phenoxy) is 1. The monoisotopic (exact) mass is 282 g/mol. The van der Waals surface area contributed by atoms with Crippen LogP contribution >= 0.6 is 11.6 Å². The van der Waals surface area contributed by atoms with Gasteiger partial charge in [0.2, 0.25) is 0 Å². The highest BCUT2D eigenvalue weighted by Crippen LogP contribution is 2.31. The summed E-state index contributed by atoms with van der Waals surface area (Å²) in [5.41, 5.74) is 2.55. The summed E-state index contributed by atoms with van der Waals surface area (Å²) >= 11 is 6.12. The minimum absolute atomic E-state index is 0.693. The molecule has 0 amide bonds. The van der Waals surface area contributed by atoms with Crippen LogP contribution < -0.4 is 10.2 Å². The van der Waals surface area contributed by atoms with E-state index in [2.05, 4.69) is 29.4 Å². The molecule has 0 aromatic heterocycles. The highest BCUT2D eigenvalue weighted by Gasteiger charge is 2.23. The van der Waals surface area contributed by atoms with Gasteiger partial charge in [0.15, 0.2) is 0 Å². The van der Waals surface area contributed by atoms with Crippen LogP contribution in [0.3, 0.4) is 0 Å². The maximum absolute atomic E-state index is 6.12. The SMILES string of the molecule is COCCNCc1cc(Cl)ccc1N(C)C1CCC1. The van der Waals surface area contributed by atoms with Crippen LogP contribution in [0.15, 0.2) is 18.2 Å². The third-order valence-corrected chi connectivity index (χ3v) is 4.08. The molecule has 0 bridgehead atoms. The van der Waals surface area contributed by atoms with Crippen LogP contribution in [0.25, 0.3) is 0 Å². The number of nitrogens with zero attached hydrogens (tertiary/aromatic N) is 1. The van der Waals surface area contributed by atoms with Gasteiger partial charge in [-0.1, -0.05) is 11.6 Å². The van der Waals surface area contributed by atoms with Crippen LogP contribution in [-0.2, 0) is 11.3 Å². The Morgan fingerprint density at radius 1 is 1.42 bits per heavy atom. The average Bonchev–Trinajstić information content (AvgIpc) is 2.32. The third-order valence-electron chi connectivity index (χ3n) is 3.84. The topological polar surface area (TPSA) is 24.5 Å². The number of halogens is 1. The molecule has 0 radical (unpaired) electrons. The maximum Gasteiger partial charge on any atom is 0.0587 e.